The maximum absolute atomic E-state index is 12.5. The fraction of sp³-hybridized carbons (Fsp3) is 0.417. The number of aryl methyl sites for hydroxylation is 1. The number of nitrogens with one attached hydrogen (secondary N) is 1. The van der Waals surface area contributed by atoms with Crippen LogP contribution in [0.2, 0.25) is 0 Å². The van der Waals surface area contributed by atoms with Crippen LogP contribution >= 0.6 is 0 Å². The van der Waals surface area contributed by atoms with Crippen molar-refractivity contribution >= 4 is 11.8 Å². The van der Waals surface area contributed by atoms with Gasteiger partial charge in [0, 0.05) is 32.7 Å². The van der Waals surface area contributed by atoms with Crippen LogP contribution in [0.1, 0.15) is 16.7 Å². The zero-order valence-electron chi connectivity index (χ0n) is 18.2. The molecule has 1 fully saturated rings. The highest BCUT2D eigenvalue weighted by Crippen LogP contribution is 2.15. The summed E-state index contributed by atoms with van der Waals surface area (Å²) in [6, 6.07) is 14.4. The van der Waals surface area contributed by atoms with Crippen molar-refractivity contribution < 1.29 is 23.1 Å². The van der Waals surface area contributed by atoms with E-state index in [-0.39, 0.29) is 17.6 Å². The number of rotatable bonds is 9. The number of hydrogen-bond donors (Lipinski definition) is 1. The number of nitrogens with zero attached hydrogens (tertiary/aromatic N) is 2. The lowest BCUT2D eigenvalue weighted by Crippen LogP contribution is -2.51. The van der Waals surface area contributed by atoms with Gasteiger partial charge in [-0.3, -0.25) is 14.5 Å². The highest BCUT2D eigenvalue weighted by atomic mass is 19.3. The Morgan fingerprint density at radius 3 is 2.22 bits per heavy atom. The normalized spacial score (nSPS) is 14.4. The number of benzene rings is 2. The smallest absolute Gasteiger partial charge is 0.387 e. The van der Waals surface area contributed by atoms with Crippen LogP contribution in [-0.2, 0) is 22.4 Å². The molecule has 0 saturated carbocycles. The van der Waals surface area contributed by atoms with Crippen LogP contribution in [0.25, 0.3) is 0 Å². The van der Waals surface area contributed by atoms with Crippen LogP contribution in [0.3, 0.4) is 0 Å². The summed E-state index contributed by atoms with van der Waals surface area (Å²) < 4.78 is 28.7. The fourth-order valence-electron chi connectivity index (χ4n) is 3.59. The maximum atomic E-state index is 12.5. The number of carbonyl (C=O) groups is 2. The average Bonchev–Trinajstić information content (AvgIpc) is 2.76. The van der Waals surface area contributed by atoms with E-state index < -0.39 is 6.61 Å². The monoisotopic (exact) mass is 445 g/mol. The molecule has 1 aliphatic rings. The van der Waals surface area contributed by atoms with Gasteiger partial charge in [0.1, 0.15) is 5.75 Å². The minimum absolute atomic E-state index is 0.0675. The van der Waals surface area contributed by atoms with Crippen LogP contribution in [0.5, 0.6) is 5.75 Å². The molecule has 0 spiro atoms. The van der Waals surface area contributed by atoms with Crippen LogP contribution in [0.4, 0.5) is 8.78 Å². The summed E-state index contributed by atoms with van der Waals surface area (Å²) in [6.45, 7) is 2.50. The summed E-state index contributed by atoms with van der Waals surface area (Å²) in [7, 11) is 0. The number of alkyl halides is 2. The van der Waals surface area contributed by atoms with Gasteiger partial charge >= 0.3 is 6.61 Å². The molecule has 2 amide bonds. The van der Waals surface area contributed by atoms with E-state index in [0.29, 0.717) is 52.1 Å². The molecule has 6 nitrogen and oxygen atoms in total. The van der Waals surface area contributed by atoms with Gasteiger partial charge < -0.3 is 15.0 Å². The number of piperazine rings is 1. The van der Waals surface area contributed by atoms with Gasteiger partial charge in [-0.05, 0) is 36.6 Å². The van der Waals surface area contributed by atoms with Gasteiger partial charge in [-0.1, -0.05) is 42.0 Å². The van der Waals surface area contributed by atoms with E-state index in [1.807, 2.05) is 41.0 Å². The average molecular weight is 446 g/mol. The van der Waals surface area contributed by atoms with Crippen molar-refractivity contribution in [2.45, 2.75) is 26.4 Å². The number of carbonyl (C=O) groups excluding carboxylic acids is 2. The first-order valence-electron chi connectivity index (χ1n) is 10.7. The van der Waals surface area contributed by atoms with Gasteiger partial charge in [-0.15, -0.1) is 0 Å². The molecule has 8 heteroatoms. The molecule has 0 aromatic heterocycles. The third-order valence-electron chi connectivity index (χ3n) is 5.45. The summed E-state index contributed by atoms with van der Waals surface area (Å²) in [5.74, 6) is 0.161. The number of ether oxygens (including phenoxy) is 1. The summed E-state index contributed by atoms with van der Waals surface area (Å²) in [4.78, 5) is 28.6. The molecule has 0 bridgehead atoms. The van der Waals surface area contributed by atoms with Gasteiger partial charge in [0.2, 0.25) is 11.8 Å². The van der Waals surface area contributed by atoms with Crippen molar-refractivity contribution in [1.29, 1.82) is 0 Å². The van der Waals surface area contributed by atoms with Gasteiger partial charge in [-0.25, -0.2) is 0 Å². The van der Waals surface area contributed by atoms with Gasteiger partial charge in [0.15, 0.2) is 0 Å². The van der Waals surface area contributed by atoms with Crippen LogP contribution in [0.15, 0.2) is 48.5 Å². The predicted octanol–water partition coefficient (Wildman–Crippen LogP) is 2.64. The van der Waals surface area contributed by atoms with Crippen molar-refractivity contribution in [2.24, 2.45) is 0 Å². The molecule has 0 radical (unpaired) electrons. The first kappa shape index (κ1) is 23.7. The van der Waals surface area contributed by atoms with Gasteiger partial charge in [-0.2, -0.15) is 8.78 Å². The lowest BCUT2D eigenvalue weighted by molar-refractivity contribution is -0.132. The molecule has 3 rings (SSSR count). The molecule has 0 unspecified atom stereocenters. The van der Waals surface area contributed by atoms with E-state index in [1.165, 1.54) is 17.7 Å². The maximum Gasteiger partial charge on any atom is 0.387 e. The van der Waals surface area contributed by atoms with Crippen molar-refractivity contribution in [1.82, 2.24) is 15.1 Å². The molecule has 1 aliphatic heterocycles. The first-order valence-corrected chi connectivity index (χ1v) is 10.7. The molecular formula is C24H29F2N3O3. The molecule has 1 saturated heterocycles. The number of halogens is 2. The van der Waals surface area contributed by atoms with E-state index >= 15 is 0 Å². The summed E-state index contributed by atoms with van der Waals surface area (Å²) >= 11 is 0. The second kappa shape index (κ2) is 11.6. The first-order chi connectivity index (χ1) is 15.4. The Labute approximate surface area is 187 Å². The molecule has 0 aliphatic carbocycles. The highest BCUT2D eigenvalue weighted by Gasteiger charge is 2.22. The second-order valence-electron chi connectivity index (χ2n) is 7.94. The van der Waals surface area contributed by atoms with E-state index in [4.69, 9.17) is 0 Å². The van der Waals surface area contributed by atoms with E-state index in [2.05, 4.69) is 10.1 Å². The highest BCUT2D eigenvalue weighted by molar-refractivity contribution is 5.79. The summed E-state index contributed by atoms with van der Waals surface area (Å²) in [5.41, 5.74) is 3.11. The number of amides is 2. The zero-order chi connectivity index (χ0) is 22.9. The van der Waals surface area contributed by atoms with E-state index in [0.717, 1.165) is 11.1 Å². The molecule has 1 N–H and O–H groups in total. The predicted molar refractivity (Wildman–Crippen MR) is 118 cm³/mol. The number of hydrogen-bond acceptors (Lipinski definition) is 4. The Balaban J connectivity index is 1.32. The quantitative estimate of drug-likeness (QED) is 0.645. The van der Waals surface area contributed by atoms with Crippen LogP contribution in [0, 0.1) is 6.92 Å². The van der Waals surface area contributed by atoms with Gasteiger partial charge in [0.25, 0.3) is 0 Å². The Morgan fingerprint density at radius 2 is 1.59 bits per heavy atom. The summed E-state index contributed by atoms with van der Waals surface area (Å²) in [6.07, 6.45) is 0.998. The SMILES string of the molecule is Cc1ccc(CC(=O)N2CCN(CC(=O)NCCc3ccc(OC(F)F)cc3)CC2)cc1. The standard InChI is InChI=1S/C24H29F2N3O3/c1-18-2-4-20(5-3-18)16-23(31)29-14-12-28(13-15-29)17-22(30)27-11-10-19-6-8-21(9-7-19)32-24(25)26/h2-9,24H,10-17H2,1H3,(H,27,30). The minimum Gasteiger partial charge on any atom is -0.435 e. The molecule has 2 aromatic carbocycles. The molecule has 172 valence electrons. The van der Waals surface area contributed by atoms with Crippen LogP contribution in [-0.4, -0.2) is 67.5 Å². The summed E-state index contributed by atoms with van der Waals surface area (Å²) in [5, 5.41) is 2.88. The molecular weight excluding hydrogens is 416 g/mol. The Kier molecular flexibility index (Phi) is 8.56. The lowest BCUT2D eigenvalue weighted by atomic mass is 10.1. The Morgan fingerprint density at radius 1 is 0.969 bits per heavy atom. The van der Waals surface area contributed by atoms with E-state index in [9.17, 15) is 18.4 Å². The zero-order valence-corrected chi connectivity index (χ0v) is 18.2. The Bertz CT molecular complexity index is 880. The fourth-order valence-corrected chi connectivity index (χ4v) is 3.59. The van der Waals surface area contributed by atoms with Crippen molar-refractivity contribution in [2.75, 3.05) is 39.3 Å². The van der Waals surface area contributed by atoms with Crippen LogP contribution < -0.4 is 10.1 Å². The van der Waals surface area contributed by atoms with Gasteiger partial charge in [0.05, 0.1) is 13.0 Å². The molecule has 2 aromatic rings. The largest absolute Gasteiger partial charge is 0.435 e. The molecule has 0 atom stereocenters. The topological polar surface area (TPSA) is 61.9 Å². The minimum atomic E-state index is -2.84. The molecule has 1 heterocycles. The third-order valence-corrected chi connectivity index (χ3v) is 5.45. The second-order valence-corrected chi connectivity index (χ2v) is 7.94. The van der Waals surface area contributed by atoms with Crippen molar-refractivity contribution in [3.8, 4) is 5.75 Å². The van der Waals surface area contributed by atoms with Crippen molar-refractivity contribution in [3.05, 3.63) is 65.2 Å². The third kappa shape index (κ3) is 7.60. The van der Waals surface area contributed by atoms with Crippen molar-refractivity contribution in [3.63, 3.8) is 0 Å². The lowest BCUT2D eigenvalue weighted by Gasteiger charge is -2.34. The Hall–Kier alpha value is -3.00. The van der Waals surface area contributed by atoms with E-state index in [1.54, 1.807) is 12.1 Å². The molecule has 32 heavy (non-hydrogen) atoms.